The molecule has 0 fully saturated rings. The quantitative estimate of drug-likeness (QED) is 0.0437. The van der Waals surface area contributed by atoms with Gasteiger partial charge in [-0.15, -0.1) is 8.67 Å². The van der Waals surface area contributed by atoms with Gasteiger partial charge in [0.15, 0.2) is 0 Å². The molecule has 0 atom stereocenters. The Morgan fingerprint density at radius 2 is 1.54 bits per heavy atom. The summed E-state index contributed by atoms with van der Waals surface area (Å²) in [6.07, 6.45) is 3.02. The highest BCUT2D eigenvalue weighted by Crippen LogP contribution is 2.31. The van der Waals surface area contributed by atoms with E-state index in [2.05, 4.69) is 23.9 Å². The Morgan fingerprint density at radius 1 is 0.892 bits per heavy atom. The average molecular weight is 569 g/mol. The molecular formula is C22H20N2O10S3. The normalized spacial score (nSPS) is 12.4. The Hall–Kier alpha value is -2.83. The van der Waals surface area contributed by atoms with Crippen molar-refractivity contribution < 1.29 is 47.1 Å². The van der Waals surface area contributed by atoms with Gasteiger partial charge in [0.1, 0.15) is 10.6 Å². The predicted molar refractivity (Wildman–Crippen MR) is 134 cm³/mol. The molecule has 0 bridgehead atoms. The topological polar surface area (TPSA) is 170 Å². The number of hydrogen-bond acceptors (Lipinski definition) is 12. The van der Waals surface area contributed by atoms with Gasteiger partial charge in [-0.3, -0.25) is 4.55 Å². The van der Waals surface area contributed by atoms with Crippen LogP contribution >= 0.6 is 24.1 Å². The average Bonchev–Trinajstić information content (AvgIpc) is 2.86. The minimum absolute atomic E-state index is 0.0374. The van der Waals surface area contributed by atoms with E-state index in [1.165, 1.54) is 30.3 Å². The molecule has 12 nitrogen and oxygen atoms in total. The van der Waals surface area contributed by atoms with Gasteiger partial charge in [0.25, 0.3) is 10.1 Å². The lowest BCUT2D eigenvalue weighted by Crippen LogP contribution is -2.01. The summed E-state index contributed by atoms with van der Waals surface area (Å²) in [5, 5.41) is 40.4. The molecule has 0 aliphatic heterocycles. The zero-order chi connectivity index (χ0) is 27.0. The molecule has 0 aromatic heterocycles. The molecule has 0 aliphatic rings. The fraction of sp³-hybridized carbons (Fsp3) is 0.0909. The summed E-state index contributed by atoms with van der Waals surface area (Å²) in [5.41, 5.74) is 2.42. The molecule has 37 heavy (non-hydrogen) atoms. The van der Waals surface area contributed by atoms with Crippen LogP contribution in [-0.4, -0.2) is 28.3 Å². The number of azo groups is 1. The van der Waals surface area contributed by atoms with Gasteiger partial charge in [0.05, 0.1) is 24.1 Å². The van der Waals surface area contributed by atoms with Gasteiger partial charge in [-0.25, -0.2) is 10.5 Å². The summed E-state index contributed by atoms with van der Waals surface area (Å²) in [4.78, 5) is 0.828. The molecule has 0 spiro atoms. The molecule has 0 aliphatic carbocycles. The van der Waals surface area contributed by atoms with Gasteiger partial charge in [-0.05, 0) is 54.3 Å². The molecule has 15 heteroatoms. The summed E-state index contributed by atoms with van der Waals surface area (Å²) >= 11 is 1.42. The molecule has 3 N–H and O–H groups in total. The number of benzene rings is 3. The number of hydrogen-bond donors (Lipinski definition) is 3. The molecule has 0 unspecified atom stereocenters. The molecule has 196 valence electrons. The highest BCUT2D eigenvalue weighted by molar-refractivity contribution is 7.94. The third-order valence-corrected chi connectivity index (χ3v) is 7.11. The summed E-state index contributed by atoms with van der Waals surface area (Å²) < 4.78 is 42.8. The van der Waals surface area contributed by atoms with Crippen molar-refractivity contribution >= 4 is 57.7 Å². The number of rotatable bonds is 11. The molecular weight excluding hydrogens is 548 g/mol. The summed E-state index contributed by atoms with van der Waals surface area (Å²) in [7, 11) is -4.69. The summed E-state index contributed by atoms with van der Waals surface area (Å²) in [6, 6.07) is 13.7. The number of aryl methyl sites for hydroxylation is 2. The molecule has 0 radical (unpaired) electrons. The first-order chi connectivity index (χ1) is 17.6. The molecule has 0 saturated carbocycles. The first-order valence-electron chi connectivity index (χ1n) is 10.1. The second-order valence-corrected chi connectivity index (χ2v) is 10.2. The Bertz CT molecular complexity index is 1430. The van der Waals surface area contributed by atoms with Crippen molar-refractivity contribution in [1.82, 2.24) is 0 Å². The van der Waals surface area contributed by atoms with Crippen LogP contribution in [0.3, 0.4) is 0 Å². The van der Waals surface area contributed by atoms with Crippen molar-refractivity contribution in [2.75, 3.05) is 0 Å². The van der Waals surface area contributed by atoms with Crippen molar-refractivity contribution in [2.24, 2.45) is 5.11 Å². The maximum absolute atomic E-state index is 12.6. The largest absolute Gasteiger partial charge is 0.594 e. The van der Waals surface area contributed by atoms with Crippen LogP contribution in [0.4, 0.5) is 11.4 Å². The van der Waals surface area contributed by atoms with Crippen LogP contribution in [0.25, 0.3) is 12.2 Å². The minimum atomic E-state index is -4.69. The van der Waals surface area contributed by atoms with Crippen LogP contribution in [0.5, 0.6) is 0 Å². The van der Waals surface area contributed by atoms with Crippen LogP contribution in [0.15, 0.2) is 74.4 Å². The molecule has 3 aromatic carbocycles. The maximum Gasteiger partial charge on any atom is 0.295 e. The van der Waals surface area contributed by atoms with Gasteiger partial charge < -0.3 is 5.21 Å². The lowest BCUT2D eigenvalue weighted by atomic mass is 10.1. The summed E-state index contributed by atoms with van der Waals surface area (Å²) in [5.74, 6) is 0. The van der Waals surface area contributed by atoms with Crippen LogP contribution < -0.4 is 0 Å². The van der Waals surface area contributed by atoms with E-state index < -0.39 is 15.0 Å². The smallest absolute Gasteiger partial charge is 0.295 e. The molecule has 3 aromatic rings. The van der Waals surface area contributed by atoms with Crippen LogP contribution in [0.2, 0.25) is 0 Å². The van der Waals surface area contributed by atoms with E-state index in [-0.39, 0.29) is 21.8 Å². The Kier molecular flexibility index (Phi) is 10.2. The van der Waals surface area contributed by atoms with E-state index in [0.717, 1.165) is 29.2 Å². The van der Waals surface area contributed by atoms with E-state index in [1.54, 1.807) is 31.2 Å². The lowest BCUT2D eigenvalue weighted by Gasteiger charge is -2.07. The molecule has 0 heterocycles. The zero-order valence-electron chi connectivity index (χ0n) is 19.2. The van der Waals surface area contributed by atoms with Crippen molar-refractivity contribution in [3.05, 3.63) is 82.1 Å². The number of nitrogens with zero attached hydrogens (tertiary/aromatic N) is 2. The molecule has 0 amide bonds. The van der Waals surface area contributed by atoms with E-state index in [9.17, 15) is 18.2 Å². The van der Waals surface area contributed by atoms with Crippen molar-refractivity contribution in [3.8, 4) is 0 Å². The van der Waals surface area contributed by atoms with Gasteiger partial charge in [0.2, 0.25) is 5.69 Å². The fourth-order valence-electron chi connectivity index (χ4n) is 3.04. The molecule has 3 rings (SSSR count). The van der Waals surface area contributed by atoms with Crippen molar-refractivity contribution in [3.63, 3.8) is 0 Å². The monoisotopic (exact) mass is 568 g/mol. The zero-order valence-corrected chi connectivity index (χ0v) is 21.6. The van der Waals surface area contributed by atoms with Crippen LogP contribution in [0.1, 0.15) is 22.3 Å². The Labute approximate surface area is 220 Å². The molecule has 0 saturated heterocycles. The summed E-state index contributed by atoms with van der Waals surface area (Å²) in [6.45, 7) is 3.60. The van der Waals surface area contributed by atoms with Gasteiger partial charge in [-0.1, -0.05) is 51.4 Å². The van der Waals surface area contributed by atoms with Crippen LogP contribution in [0, 0.1) is 19.1 Å². The fourth-order valence-corrected chi connectivity index (χ4v) is 4.79. The third-order valence-electron chi connectivity index (χ3n) is 4.79. The van der Waals surface area contributed by atoms with E-state index in [0.29, 0.717) is 27.4 Å². The van der Waals surface area contributed by atoms with Crippen molar-refractivity contribution in [2.45, 2.75) is 28.5 Å². The van der Waals surface area contributed by atoms with Gasteiger partial charge >= 0.3 is 0 Å². The Morgan fingerprint density at radius 3 is 2.22 bits per heavy atom. The Balaban J connectivity index is 1.96. The maximum atomic E-state index is 12.6. The van der Waals surface area contributed by atoms with E-state index in [4.69, 9.17) is 10.5 Å². The second kappa shape index (κ2) is 13.1. The van der Waals surface area contributed by atoms with E-state index in [1.807, 2.05) is 13.0 Å². The second-order valence-electron chi connectivity index (χ2n) is 7.35. The highest BCUT2D eigenvalue weighted by atomic mass is 32.2. The van der Waals surface area contributed by atoms with Gasteiger partial charge in [-0.2, -0.15) is 8.42 Å². The highest BCUT2D eigenvalue weighted by Gasteiger charge is 2.17. The van der Waals surface area contributed by atoms with Gasteiger partial charge in [0, 0.05) is 27.0 Å². The van der Waals surface area contributed by atoms with E-state index >= 15 is 0 Å². The predicted octanol–water partition coefficient (Wildman–Crippen LogP) is 6.50. The first kappa shape index (κ1) is 28.7. The SMILES string of the molecule is Cc1ccc(/C=C/c2ccc(N=[N+]([O-])c3ccc(C)c(SOOO)c3)cc2S(=O)(=O)O)c(SOOO)c1. The lowest BCUT2D eigenvalue weighted by molar-refractivity contribution is -0.435. The first-order valence-corrected chi connectivity index (χ1v) is 13.0. The standard InChI is InChI=1S/C22H20N2O10S3/c1-14-3-5-16(21(11-14)36-34-32-27)6-7-17-8-9-18(12-22(17)37(28,29)30)23-24(25)19-10-4-15(2)20(13-19)35-33-31-26/h3-13,26-27H,1-2H3,(H,28,29,30)/b7-6+,24-23?. The minimum Gasteiger partial charge on any atom is -0.594 e. The van der Waals surface area contributed by atoms with Crippen molar-refractivity contribution in [1.29, 1.82) is 0 Å². The van der Waals surface area contributed by atoms with Crippen LogP contribution in [-0.2, 0) is 28.9 Å². The third kappa shape index (κ3) is 8.08.